The van der Waals surface area contributed by atoms with Gasteiger partial charge >= 0.3 is 5.97 Å². The Balaban J connectivity index is 2.39. The maximum absolute atomic E-state index is 11.1. The largest absolute Gasteiger partial charge is 0.478 e. The molecule has 0 bridgehead atoms. The first-order valence-electron chi connectivity index (χ1n) is 6.16. The molecular weight excluding hydrogens is 242 g/mol. The SMILES string of the molecule is Cc1c(C(=O)O)cccc1-c1ccc(CC(C)N)o1. The van der Waals surface area contributed by atoms with Gasteiger partial charge in [0, 0.05) is 18.0 Å². The number of benzene rings is 1. The molecule has 0 saturated carbocycles. The van der Waals surface area contributed by atoms with Crippen molar-refractivity contribution in [3.05, 3.63) is 47.2 Å². The van der Waals surface area contributed by atoms with Gasteiger partial charge in [-0.05, 0) is 37.6 Å². The molecule has 0 amide bonds. The lowest BCUT2D eigenvalue weighted by Crippen LogP contribution is -2.17. The molecular formula is C15H17NO3. The molecule has 1 aromatic heterocycles. The van der Waals surface area contributed by atoms with Crippen molar-refractivity contribution in [2.24, 2.45) is 5.73 Å². The summed E-state index contributed by atoms with van der Waals surface area (Å²) in [5.41, 5.74) is 7.53. The Hall–Kier alpha value is -2.07. The van der Waals surface area contributed by atoms with Crippen molar-refractivity contribution in [2.45, 2.75) is 26.3 Å². The van der Waals surface area contributed by atoms with Crippen LogP contribution in [0, 0.1) is 6.92 Å². The summed E-state index contributed by atoms with van der Waals surface area (Å²) in [6, 6.07) is 8.94. The minimum absolute atomic E-state index is 0.0328. The molecule has 1 unspecified atom stereocenters. The van der Waals surface area contributed by atoms with Crippen LogP contribution in [0.2, 0.25) is 0 Å². The van der Waals surface area contributed by atoms with E-state index in [4.69, 9.17) is 15.3 Å². The van der Waals surface area contributed by atoms with Gasteiger partial charge < -0.3 is 15.3 Å². The zero-order valence-corrected chi connectivity index (χ0v) is 11.0. The van der Waals surface area contributed by atoms with Gasteiger partial charge in [0.05, 0.1) is 5.56 Å². The average molecular weight is 259 g/mol. The van der Waals surface area contributed by atoms with Crippen LogP contribution in [-0.4, -0.2) is 17.1 Å². The van der Waals surface area contributed by atoms with E-state index in [1.54, 1.807) is 19.1 Å². The van der Waals surface area contributed by atoms with Crippen LogP contribution < -0.4 is 5.73 Å². The first kappa shape index (κ1) is 13.4. The molecule has 100 valence electrons. The van der Waals surface area contributed by atoms with Crippen LogP contribution in [0.15, 0.2) is 34.7 Å². The number of carboxylic acid groups (broad SMARTS) is 1. The summed E-state index contributed by atoms with van der Waals surface area (Å²) in [5, 5.41) is 9.11. The maximum Gasteiger partial charge on any atom is 0.335 e. The molecule has 0 aliphatic carbocycles. The van der Waals surface area contributed by atoms with E-state index in [-0.39, 0.29) is 6.04 Å². The van der Waals surface area contributed by atoms with Gasteiger partial charge in [-0.15, -0.1) is 0 Å². The van der Waals surface area contributed by atoms with Crippen molar-refractivity contribution in [3.63, 3.8) is 0 Å². The molecule has 0 fully saturated rings. The number of carboxylic acids is 1. The quantitative estimate of drug-likeness (QED) is 0.885. The highest BCUT2D eigenvalue weighted by Gasteiger charge is 2.14. The van der Waals surface area contributed by atoms with Crippen molar-refractivity contribution >= 4 is 5.97 Å². The number of aromatic carboxylic acids is 1. The van der Waals surface area contributed by atoms with Crippen LogP contribution in [0.5, 0.6) is 0 Å². The molecule has 0 spiro atoms. The van der Waals surface area contributed by atoms with E-state index in [1.165, 1.54) is 0 Å². The van der Waals surface area contributed by atoms with E-state index < -0.39 is 5.97 Å². The molecule has 0 aliphatic heterocycles. The van der Waals surface area contributed by atoms with Crippen molar-refractivity contribution in [1.82, 2.24) is 0 Å². The summed E-state index contributed by atoms with van der Waals surface area (Å²) in [5.74, 6) is 0.558. The van der Waals surface area contributed by atoms with Crippen molar-refractivity contribution in [3.8, 4) is 11.3 Å². The highest BCUT2D eigenvalue weighted by molar-refractivity contribution is 5.91. The van der Waals surface area contributed by atoms with Gasteiger partial charge in [-0.3, -0.25) is 0 Å². The van der Waals surface area contributed by atoms with Gasteiger partial charge in [0.1, 0.15) is 11.5 Å². The second-order valence-electron chi connectivity index (χ2n) is 4.73. The zero-order chi connectivity index (χ0) is 14.0. The van der Waals surface area contributed by atoms with Gasteiger partial charge in [-0.25, -0.2) is 4.79 Å². The minimum atomic E-state index is -0.929. The van der Waals surface area contributed by atoms with E-state index in [0.717, 1.165) is 11.3 Å². The second kappa shape index (κ2) is 5.28. The van der Waals surface area contributed by atoms with Gasteiger partial charge in [0.25, 0.3) is 0 Å². The van der Waals surface area contributed by atoms with Crippen LogP contribution in [-0.2, 0) is 6.42 Å². The van der Waals surface area contributed by atoms with Crippen LogP contribution in [0.3, 0.4) is 0 Å². The molecule has 1 aromatic carbocycles. The van der Waals surface area contributed by atoms with Crippen molar-refractivity contribution in [1.29, 1.82) is 0 Å². The number of furan rings is 1. The lowest BCUT2D eigenvalue weighted by molar-refractivity contribution is 0.0696. The molecule has 0 saturated heterocycles. The van der Waals surface area contributed by atoms with Crippen molar-refractivity contribution < 1.29 is 14.3 Å². The standard InChI is InChI=1S/C15H17NO3/c1-9(16)8-11-6-7-14(19-11)12-4-3-5-13(10(12)2)15(17)18/h3-7,9H,8,16H2,1-2H3,(H,17,18). The number of rotatable bonds is 4. The molecule has 4 heteroatoms. The number of nitrogens with two attached hydrogens (primary N) is 1. The molecule has 1 atom stereocenters. The summed E-state index contributed by atoms with van der Waals surface area (Å²) < 4.78 is 5.72. The summed E-state index contributed by atoms with van der Waals surface area (Å²) in [6.07, 6.45) is 0.664. The Morgan fingerprint density at radius 2 is 2.11 bits per heavy atom. The van der Waals surface area contributed by atoms with Crippen LogP contribution in [0.1, 0.15) is 28.6 Å². The molecule has 3 N–H and O–H groups in total. The van der Waals surface area contributed by atoms with Crippen LogP contribution in [0.4, 0.5) is 0 Å². The van der Waals surface area contributed by atoms with Gasteiger partial charge in [-0.1, -0.05) is 12.1 Å². The average Bonchev–Trinajstić information content (AvgIpc) is 2.76. The Labute approximate surface area is 111 Å². The lowest BCUT2D eigenvalue weighted by Gasteiger charge is -2.06. The van der Waals surface area contributed by atoms with Gasteiger partial charge in [0.2, 0.25) is 0 Å². The molecule has 0 aliphatic rings. The fourth-order valence-electron chi connectivity index (χ4n) is 2.08. The Kier molecular flexibility index (Phi) is 3.71. The topological polar surface area (TPSA) is 76.5 Å². The molecule has 2 rings (SSSR count). The van der Waals surface area contributed by atoms with Gasteiger partial charge in [0.15, 0.2) is 0 Å². The van der Waals surface area contributed by atoms with Gasteiger partial charge in [-0.2, -0.15) is 0 Å². The normalized spacial score (nSPS) is 12.4. The Morgan fingerprint density at radius 3 is 2.74 bits per heavy atom. The third kappa shape index (κ3) is 2.85. The first-order chi connectivity index (χ1) is 8.99. The number of hydrogen-bond acceptors (Lipinski definition) is 3. The van der Waals surface area contributed by atoms with E-state index >= 15 is 0 Å². The zero-order valence-electron chi connectivity index (χ0n) is 11.0. The Morgan fingerprint density at radius 1 is 1.37 bits per heavy atom. The first-order valence-corrected chi connectivity index (χ1v) is 6.16. The summed E-state index contributed by atoms with van der Waals surface area (Å²) >= 11 is 0. The summed E-state index contributed by atoms with van der Waals surface area (Å²) in [7, 11) is 0. The molecule has 4 nitrogen and oxygen atoms in total. The lowest BCUT2D eigenvalue weighted by atomic mass is 10.0. The minimum Gasteiger partial charge on any atom is -0.478 e. The van der Waals surface area contributed by atoms with E-state index in [1.807, 2.05) is 25.1 Å². The van der Waals surface area contributed by atoms with Crippen LogP contribution in [0.25, 0.3) is 11.3 Å². The predicted molar refractivity (Wildman–Crippen MR) is 73.2 cm³/mol. The Bertz CT molecular complexity index is 599. The maximum atomic E-state index is 11.1. The molecule has 0 radical (unpaired) electrons. The number of carbonyl (C=O) groups is 1. The fourth-order valence-corrected chi connectivity index (χ4v) is 2.08. The number of hydrogen-bond donors (Lipinski definition) is 2. The summed E-state index contributed by atoms with van der Waals surface area (Å²) in [4.78, 5) is 11.1. The third-order valence-corrected chi connectivity index (χ3v) is 3.01. The van der Waals surface area contributed by atoms with E-state index in [0.29, 0.717) is 23.3 Å². The highest BCUT2D eigenvalue weighted by Crippen LogP contribution is 2.27. The van der Waals surface area contributed by atoms with E-state index in [2.05, 4.69) is 0 Å². The molecule has 1 heterocycles. The van der Waals surface area contributed by atoms with E-state index in [9.17, 15) is 4.79 Å². The van der Waals surface area contributed by atoms with Crippen LogP contribution >= 0.6 is 0 Å². The second-order valence-corrected chi connectivity index (χ2v) is 4.73. The summed E-state index contributed by atoms with van der Waals surface area (Å²) in [6.45, 7) is 3.70. The molecule has 19 heavy (non-hydrogen) atoms. The smallest absolute Gasteiger partial charge is 0.335 e. The predicted octanol–water partition coefficient (Wildman–Crippen LogP) is 2.84. The molecule has 2 aromatic rings. The van der Waals surface area contributed by atoms with Crippen molar-refractivity contribution in [2.75, 3.05) is 0 Å². The third-order valence-electron chi connectivity index (χ3n) is 3.01. The fraction of sp³-hybridized carbons (Fsp3) is 0.267. The monoisotopic (exact) mass is 259 g/mol. The highest BCUT2D eigenvalue weighted by atomic mass is 16.4.